The highest BCUT2D eigenvalue weighted by atomic mass is 79.9. The van der Waals surface area contributed by atoms with E-state index in [1.165, 1.54) is 10.4 Å². The highest BCUT2D eigenvalue weighted by Crippen LogP contribution is 2.34. The summed E-state index contributed by atoms with van der Waals surface area (Å²) < 4.78 is 14.6. The molecule has 4 heteroatoms. The van der Waals surface area contributed by atoms with Crippen LogP contribution in [0.4, 0.5) is 4.39 Å². The average molecular weight is 342 g/mol. The molecule has 1 aromatic heterocycles. The minimum absolute atomic E-state index is 0.124. The summed E-state index contributed by atoms with van der Waals surface area (Å²) in [6, 6.07) is 7.63. The molecule has 0 aliphatic rings. The van der Waals surface area contributed by atoms with E-state index >= 15 is 0 Å². The minimum atomic E-state index is -0.150. The molecule has 1 unspecified atom stereocenters. The second-order valence-corrected chi connectivity index (χ2v) is 7.01. The quantitative estimate of drug-likeness (QED) is 0.828. The lowest BCUT2D eigenvalue weighted by atomic mass is 10.0. The Balaban J connectivity index is 2.41. The maximum absolute atomic E-state index is 13.4. The Hall–Kier alpha value is -0.710. The lowest BCUT2D eigenvalue weighted by Gasteiger charge is -2.17. The minimum Gasteiger partial charge on any atom is -0.306 e. The third-order valence-corrected chi connectivity index (χ3v) is 5.29. The number of rotatable bonds is 4. The molecule has 0 fully saturated rings. The van der Waals surface area contributed by atoms with Gasteiger partial charge in [0.1, 0.15) is 5.82 Å². The van der Waals surface area contributed by atoms with E-state index in [-0.39, 0.29) is 11.9 Å². The summed E-state index contributed by atoms with van der Waals surface area (Å²) in [5, 5.41) is 3.47. The Kier molecular flexibility index (Phi) is 4.76. The fourth-order valence-corrected chi connectivity index (χ4v) is 3.74. The Morgan fingerprint density at radius 2 is 2.00 bits per heavy atom. The normalized spacial score (nSPS) is 12.7. The third kappa shape index (κ3) is 3.25. The second kappa shape index (κ2) is 6.16. The van der Waals surface area contributed by atoms with E-state index in [1.54, 1.807) is 24.3 Å². The number of hydrogen-bond donors (Lipinski definition) is 1. The molecule has 19 heavy (non-hydrogen) atoms. The summed E-state index contributed by atoms with van der Waals surface area (Å²) in [7, 11) is 0. The van der Waals surface area contributed by atoms with Crippen LogP contribution in [0, 0.1) is 19.7 Å². The molecule has 1 nitrogen and oxygen atoms in total. The summed E-state index contributed by atoms with van der Waals surface area (Å²) in [6.07, 6.45) is 0. The summed E-state index contributed by atoms with van der Waals surface area (Å²) in [5.41, 5.74) is 3.03. The SMILES string of the molecule is CCNC(c1ccc(F)c(C)c1)c1cc(C)c(Br)s1. The molecule has 1 atom stereocenters. The average Bonchev–Trinajstić information content (AvgIpc) is 2.70. The van der Waals surface area contributed by atoms with Crippen LogP contribution < -0.4 is 5.32 Å². The first-order valence-corrected chi connectivity index (χ1v) is 7.89. The number of benzene rings is 1. The van der Waals surface area contributed by atoms with Gasteiger partial charge in [0.25, 0.3) is 0 Å². The van der Waals surface area contributed by atoms with Crippen LogP contribution in [0.15, 0.2) is 28.1 Å². The summed E-state index contributed by atoms with van der Waals surface area (Å²) >= 11 is 5.29. The molecule has 102 valence electrons. The van der Waals surface area contributed by atoms with Gasteiger partial charge in [-0.1, -0.05) is 19.1 Å². The summed E-state index contributed by atoms with van der Waals surface area (Å²) in [4.78, 5) is 1.25. The lowest BCUT2D eigenvalue weighted by molar-refractivity contribution is 0.609. The molecule has 0 aliphatic heterocycles. The van der Waals surface area contributed by atoms with Gasteiger partial charge in [-0.05, 0) is 65.1 Å². The predicted octanol–water partition coefficient (Wildman–Crippen LogP) is 4.97. The Bertz CT molecular complexity index is 560. The number of aryl methyl sites for hydroxylation is 2. The number of hydrogen-bond acceptors (Lipinski definition) is 2. The Labute approximate surface area is 126 Å². The van der Waals surface area contributed by atoms with Crippen molar-refractivity contribution in [1.82, 2.24) is 5.32 Å². The van der Waals surface area contributed by atoms with E-state index in [2.05, 4.69) is 41.2 Å². The molecule has 0 bridgehead atoms. The van der Waals surface area contributed by atoms with Gasteiger partial charge in [0.2, 0.25) is 0 Å². The highest BCUT2D eigenvalue weighted by molar-refractivity contribution is 9.11. The molecule has 0 spiro atoms. The van der Waals surface area contributed by atoms with Gasteiger partial charge in [0.05, 0.1) is 9.83 Å². The molecule has 1 aromatic carbocycles. The fourth-order valence-electron chi connectivity index (χ4n) is 2.06. The monoisotopic (exact) mass is 341 g/mol. The zero-order valence-corrected chi connectivity index (χ0v) is 13.7. The molecule has 0 aliphatic carbocycles. The highest BCUT2D eigenvalue weighted by Gasteiger charge is 2.17. The van der Waals surface area contributed by atoms with Gasteiger partial charge in [-0.3, -0.25) is 0 Å². The molecule has 0 radical (unpaired) electrons. The van der Waals surface area contributed by atoms with E-state index in [1.807, 2.05) is 12.1 Å². The zero-order valence-electron chi connectivity index (χ0n) is 11.3. The first kappa shape index (κ1) is 14.7. The number of nitrogens with one attached hydrogen (secondary N) is 1. The molecule has 0 amide bonds. The van der Waals surface area contributed by atoms with Crippen molar-refractivity contribution in [3.8, 4) is 0 Å². The van der Waals surface area contributed by atoms with Gasteiger partial charge in [0, 0.05) is 4.88 Å². The van der Waals surface area contributed by atoms with Crippen LogP contribution in [0.2, 0.25) is 0 Å². The van der Waals surface area contributed by atoms with Crippen molar-refractivity contribution in [3.63, 3.8) is 0 Å². The first-order valence-electron chi connectivity index (χ1n) is 6.28. The van der Waals surface area contributed by atoms with Crippen molar-refractivity contribution >= 4 is 27.3 Å². The van der Waals surface area contributed by atoms with Gasteiger partial charge < -0.3 is 5.32 Å². The maximum Gasteiger partial charge on any atom is 0.126 e. The van der Waals surface area contributed by atoms with Crippen molar-refractivity contribution in [2.24, 2.45) is 0 Å². The van der Waals surface area contributed by atoms with Crippen LogP contribution >= 0.6 is 27.3 Å². The second-order valence-electron chi connectivity index (χ2n) is 4.60. The standard InChI is InChI=1S/C15H17BrFNS/c1-4-18-14(13-8-10(3)15(16)19-13)11-5-6-12(17)9(2)7-11/h5-8,14,18H,4H2,1-3H3. The van der Waals surface area contributed by atoms with Crippen molar-refractivity contribution in [1.29, 1.82) is 0 Å². The Morgan fingerprint density at radius 3 is 2.53 bits per heavy atom. The van der Waals surface area contributed by atoms with Crippen LogP contribution in [0.3, 0.4) is 0 Å². The molecule has 2 aromatic rings. The number of halogens is 2. The summed E-state index contributed by atoms with van der Waals surface area (Å²) in [6.45, 7) is 6.84. The van der Waals surface area contributed by atoms with Crippen LogP contribution in [0.5, 0.6) is 0 Å². The topological polar surface area (TPSA) is 12.0 Å². The van der Waals surface area contributed by atoms with Gasteiger partial charge in [-0.2, -0.15) is 0 Å². The van der Waals surface area contributed by atoms with Crippen LogP contribution in [0.25, 0.3) is 0 Å². The van der Waals surface area contributed by atoms with Gasteiger partial charge in [-0.15, -0.1) is 11.3 Å². The molecular weight excluding hydrogens is 325 g/mol. The van der Waals surface area contributed by atoms with Gasteiger partial charge >= 0.3 is 0 Å². The summed E-state index contributed by atoms with van der Waals surface area (Å²) in [5.74, 6) is -0.150. The van der Waals surface area contributed by atoms with Crippen LogP contribution in [-0.2, 0) is 0 Å². The van der Waals surface area contributed by atoms with Crippen molar-refractivity contribution in [3.05, 3.63) is 55.4 Å². The van der Waals surface area contributed by atoms with Gasteiger partial charge in [-0.25, -0.2) is 4.39 Å². The smallest absolute Gasteiger partial charge is 0.126 e. The van der Waals surface area contributed by atoms with Crippen molar-refractivity contribution < 1.29 is 4.39 Å². The van der Waals surface area contributed by atoms with Gasteiger partial charge in [0.15, 0.2) is 0 Å². The van der Waals surface area contributed by atoms with E-state index < -0.39 is 0 Å². The van der Waals surface area contributed by atoms with E-state index in [4.69, 9.17) is 0 Å². The third-order valence-electron chi connectivity index (χ3n) is 3.08. The van der Waals surface area contributed by atoms with Crippen molar-refractivity contribution in [2.45, 2.75) is 26.8 Å². The van der Waals surface area contributed by atoms with E-state index in [0.29, 0.717) is 5.56 Å². The molecule has 1 heterocycles. The molecule has 2 rings (SSSR count). The molecule has 0 saturated carbocycles. The molecular formula is C15H17BrFNS. The lowest BCUT2D eigenvalue weighted by Crippen LogP contribution is -2.21. The first-order chi connectivity index (χ1) is 9.02. The zero-order chi connectivity index (χ0) is 14.0. The molecule has 0 saturated heterocycles. The maximum atomic E-state index is 13.4. The van der Waals surface area contributed by atoms with Crippen molar-refractivity contribution in [2.75, 3.05) is 6.54 Å². The molecule has 1 N–H and O–H groups in total. The largest absolute Gasteiger partial charge is 0.306 e. The van der Waals surface area contributed by atoms with E-state index in [9.17, 15) is 4.39 Å². The number of thiophene rings is 1. The Morgan fingerprint density at radius 1 is 1.26 bits per heavy atom. The van der Waals surface area contributed by atoms with Crippen LogP contribution in [-0.4, -0.2) is 6.54 Å². The van der Waals surface area contributed by atoms with Crippen LogP contribution in [0.1, 0.15) is 34.5 Å². The fraction of sp³-hybridized carbons (Fsp3) is 0.333. The predicted molar refractivity (Wildman–Crippen MR) is 83.4 cm³/mol. The van der Waals surface area contributed by atoms with E-state index in [0.717, 1.165) is 15.9 Å².